The van der Waals surface area contributed by atoms with Crippen molar-refractivity contribution in [2.75, 3.05) is 39.5 Å². The van der Waals surface area contributed by atoms with Crippen LogP contribution < -0.4 is 0 Å². The molecule has 8 heteroatoms. The molecular formula is C31H48N2O5S. The lowest BCUT2D eigenvalue weighted by molar-refractivity contribution is -0.144. The van der Waals surface area contributed by atoms with Gasteiger partial charge in [-0.1, -0.05) is 38.2 Å². The molecule has 1 saturated heterocycles. The van der Waals surface area contributed by atoms with Gasteiger partial charge in [-0.3, -0.25) is 9.69 Å². The van der Waals surface area contributed by atoms with Gasteiger partial charge in [0.25, 0.3) is 0 Å². The summed E-state index contributed by atoms with van der Waals surface area (Å²) in [6.45, 7) is 4.54. The molecule has 4 rings (SSSR count). The number of nitrogens with zero attached hydrogens (tertiary/aromatic N) is 2. The Morgan fingerprint density at radius 1 is 1.18 bits per heavy atom. The molecular weight excluding hydrogens is 512 g/mol. The molecule has 0 radical (unpaired) electrons. The van der Waals surface area contributed by atoms with Gasteiger partial charge in [0.15, 0.2) is 0 Å². The van der Waals surface area contributed by atoms with E-state index in [1.165, 1.54) is 11.3 Å². The molecule has 0 amide bonds. The molecule has 3 fully saturated rings. The first-order chi connectivity index (χ1) is 19.0. The lowest BCUT2D eigenvalue weighted by Crippen LogP contribution is -2.45. The number of aliphatic hydroxyl groups is 2. The van der Waals surface area contributed by atoms with Crippen molar-refractivity contribution in [1.29, 1.82) is 5.26 Å². The molecule has 2 aliphatic carbocycles. The van der Waals surface area contributed by atoms with Gasteiger partial charge in [0.2, 0.25) is 0 Å². The van der Waals surface area contributed by atoms with E-state index in [0.717, 1.165) is 97.1 Å². The zero-order chi connectivity index (χ0) is 27.5. The van der Waals surface area contributed by atoms with Crippen LogP contribution in [0.2, 0.25) is 0 Å². The van der Waals surface area contributed by atoms with Crippen LogP contribution in [-0.2, 0) is 19.7 Å². The average Bonchev–Trinajstić information content (AvgIpc) is 3.55. The second kappa shape index (κ2) is 15.5. The largest absolute Gasteiger partial charge is 0.464 e. The smallest absolute Gasteiger partial charge is 0.305 e. The molecule has 1 aliphatic heterocycles. The number of esters is 1. The molecule has 0 spiro atoms. The van der Waals surface area contributed by atoms with Crippen molar-refractivity contribution in [3.05, 3.63) is 22.4 Å². The van der Waals surface area contributed by atoms with Gasteiger partial charge in [-0.05, 0) is 68.2 Å². The topological polar surface area (TPSA) is 103 Å². The number of unbranched alkanes of at least 4 members (excludes halogenated alkanes) is 3. The lowest BCUT2D eigenvalue weighted by atomic mass is 9.63. The number of morpholine rings is 1. The van der Waals surface area contributed by atoms with Gasteiger partial charge in [0, 0.05) is 36.3 Å². The van der Waals surface area contributed by atoms with E-state index < -0.39 is 6.10 Å². The molecule has 1 unspecified atom stereocenters. The van der Waals surface area contributed by atoms with Gasteiger partial charge in [0.05, 0.1) is 37.4 Å². The Kier molecular flexibility index (Phi) is 12.1. The Hall–Kier alpha value is -1.50. The molecule has 7 nitrogen and oxygen atoms in total. The number of hydrogen-bond acceptors (Lipinski definition) is 8. The molecule has 0 bridgehead atoms. The minimum Gasteiger partial charge on any atom is -0.464 e. The number of aliphatic hydroxyl groups excluding tert-OH is 2. The molecule has 1 aromatic rings. The molecule has 5 atom stereocenters. The van der Waals surface area contributed by atoms with Crippen LogP contribution >= 0.6 is 11.3 Å². The highest BCUT2D eigenvalue weighted by Gasteiger charge is 2.46. The Labute approximate surface area is 238 Å². The van der Waals surface area contributed by atoms with Crippen molar-refractivity contribution >= 4 is 17.3 Å². The van der Waals surface area contributed by atoms with Gasteiger partial charge in [-0.2, -0.15) is 5.26 Å². The standard InChI is InChI=1S/C31H48N2O5S/c32-23-24-22-27(34)26(9-5-10-28(35)31(13-7-14-31)29-11-6-21-39-29)25(24)8-3-1-2-4-12-30(36)38-20-17-33-15-18-37-19-16-33/h6,11,21,24-28,34-35H,1-5,7-10,12-20,22H2/t24-,25-,26+,27+,28?/m0/s1. The first-order valence-corrected chi connectivity index (χ1v) is 16.2. The second-order valence-electron chi connectivity index (χ2n) is 11.9. The predicted molar refractivity (Wildman–Crippen MR) is 152 cm³/mol. The molecule has 0 aromatic carbocycles. The zero-order valence-electron chi connectivity index (χ0n) is 23.5. The summed E-state index contributed by atoms with van der Waals surface area (Å²) in [7, 11) is 0. The summed E-state index contributed by atoms with van der Waals surface area (Å²) in [4.78, 5) is 15.6. The van der Waals surface area contributed by atoms with Gasteiger partial charge in [-0.15, -0.1) is 11.3 Å². The fourth-order valence-electron chi connectivity index (χ4n) is 7.04. The van der Waals surface area contributed by atoms with Crippen LogP contribution in [0, 0.1) is 29.1 Å². The van der Waals surface area contributed by atoms with E-state index in [1.54, 1.807) is 11.3 Å². The van der Waals surface area contributed by atoms with Crippen LogP contribution in [0.5, 0.6) is 0 Å². The summed E-state index contributed by atoms with van der Waals surface area (Å²) in [6.07, 6.45) is 10.9. The highest BCUT2D eigenvalue weighted by molar-refractivity contribution is 7.10. The Morgan fingerprint density at radius 2 is 1.95 bits per heavy atom. The minimum absolute atomic E-state index is 0.0633. The van der Waals surface area contributed by atoms with Crippen molar-refractivity contribution in [1.82, 2.24) is 4.90 Å². The van der Waals surface area contributed by atoms with Crippen LogP contribution in [-0.4, -0.2) is 72.7 Å². The van der Waals surface area contributed by atoms with Crippen molar-refractivity contribution < 1.29 is 24.5 Å². The summed E-state index contributed by atoms with van der Waals surface area (Å²) in [5.41, 5.74) is -0.0633. The highest BCUT2D eigenvalue weighted by Crippen LogP contribution is 2.50. The SMILES string of the molecule is N#C[C@@H]1C[C@@H](O)[C@H](CCCC(O)C2(c3cccs3)CCC2)[C@H]1CCCCCCC(=O)OCCN1CCOCC1. The quantitative estimate of drug-likeness (QED) is 0.215. The zero-order valence-corrected chi connectivity index (χ0v) is 24.3. The van der Waals surface area contributed by atoms with Gasteiger partial charge in [0.1, 0.15) is 6.61 Å². The summed E-state index contributed by atoms with van der Waals surface area (Å²) in [5.74, 6) is 0.168. The molecule has 3 aliphatic rings. The molecule has 1 aromatic heterocycles. The maximum atomic E-state index is 12.0. The molecule has 218 valence electrons. The van der Waals surface area contributed by atoms with Crippen molar-refractivity contribution in [3.8, 4) is 6.07 Å². The number of carbonyl (C=O) groups excluding carboxylic acids is 1. The Balaban J connectivity index is 1.11. The first-order valence-electron chi connectivity index (χ1n) is 15.3. The van der Waals surface area contributed by atoms with Gasteiger partial charge >= 0.3 is 5.97 Å². The highest BCUT2D eigenvalue weighted by atomic mass is 32.1. The second-order valence-corrected chi connectivity index (χ2v) is 12.9. The molecule has 2 heterocycles. The normalized spacial score (nSPS) is 27.5. The third kappa shape index (κ3) is 8.27. The van der Waals surface area contributed by atoms with Crippen molar-refractivity contribution in [2.24, 2.45) is 17.8 Å². The minimum atomic E-state index is -0.418. The number of carbonyl (C=O) groups is 1. The third-order valence-corrected chi connectivity index (χ3v) is 10.7. The van der Waals surface area contributed by atoms with E-state index >= 15 is 0 Å². The van der Waals surface area contributed by atoms with E-state index in [4.69, 9.17) is 9.47 Å². The molecule has 2 saturated carbocycles. The number of nitriles is 1. The van der Waals surface area contributed by atoms with E-state index in [-0.39, 0.29) is 35.2 Å². The van der Waals surface area contributed by atoms with E-state index in [0.29, 0.717) is 19.4 Å². The maximum absolute atomic E-state index is 12.0. The van der Waals surface area contributed by atoms with Crippen molar-refractivity contribution in [3.63, 3.8) is 0 Å². The summed E-state index contributed by atoms with van der Waals surface area (Å²) >= 11 is 1.75. The van der Waals surface area contributed by atoms with E-state index in [9.17, 15) is 20.3 Å². The Morgan fingerprint density at radius 3 is 2.64 bits per heavy atom. The monoisotopic (exact) mass is 560 g/mol. The number of thiophene rings is 1. The van der Waals surface area contributed by atoms with Crippen molar-refractivity contribution in [2.45, 2.75) is 101 Å². The average molecular weight is 561 g/mol. The van der Waals surface area contributed by atoms with Crippen LogP contribution in [0.4, 0.5) is 0 Å². The fourth-order valence-corrected chi connectivity index (χ4v) is 8.07. The number of ether oxygens (including phenoxy) is 2. The Bertz CT molecular complexity index is 893. The fraction of sp³-hybridized carbons (Fsp3) is 0.806. The molecule has 39 heavy (non-hydrogen) atoms. The van der Waals surface area contributed by atoms with E-state index in [2.05, 4.69) is 28.5 Å². The van der Waals surface area contributed by atoms with Gasteiger partial charge < -0.3 is 19.7 Å². The number of hydrogen-bond donors (Lipinski definition) is 2. The van der Waals surface area contributed by atoms with Gasteiger partial charge in [-0.25, -0.2) is 0 Å². The maximum Gasteiger partial charge on any atom is 0.305 e. The molecule has 2 N–H and O–H groups in total. The predicted octanol–water partition coefficient (Wildman–Crippen LogP) is 5.05. The first kappa shape index (κ1) is 30.5. The third-order valence-electron chi connectivity index (χ3n) is 9.58. The van der Waals surface area contributed by atoms with Crippen LogP contribution in [0.1, 0.15) is 88.3 Å². The number of rotatable bonds is 16. The van der Waals surface area contributed by atoms with Crippen LogP contribution in [0.15, 0.2) is 17.5 Å². The summed E-state index contributed by atoms with van der Waals surface area (Å²) < 4.78 is 10.7. The summed E-state index contributed by atoms with van der Waals surface area (Å²) in [6, 6.07) is 6.71. The van der Waals surface area contributed by atoms with Crippen LogP contribution in [0.25, 0.3) is 0 Å². The summed E-state index contributed by atoms with van der Waals surface area (Å²) in [5, 5.41) is 33.7. The van der Waals surface area contributed by atoms with Crippen LogP contribution in [0.3, 0.4) is 0 Å². The lowest BCUT2D eigenvalue weighted by Gasteiger charge is -2.45. The van der Waals surface area contributed by atoms with E-state index in [1.807, 2.05) is 0 Å².